The van der Waals surface area contributed by atoms with Gasteiger partial charge in [-0.3, -0.25) is 14.9 Å². The second-order valence-electron chi connectivity index (χ2n) is 5.16. The van der Waals surface area contributed by atoms with Crippen molar-refractivity contribution in [2.45, 2.75) is 26.3 Å². The summed E-state index contributed by atoms with van der Waals surface area (Å²) >= 11 is 2.96. The fraction of sp³-hybridized carbons (Fsp3) is 0.417. The van der Waals surface area contributed by atoms with Crippen molar-refractivity contribution >= 4 is 33.3 Å². The Labute approximate surface area is 123 Å². The van der Waals surface area contributed by atoms with E-state index in [-0.39, 0.29) is 10.2 Å². The van der Waals surface area contributed by atoms with Gasteiger partial charge in [-0.2, -0.15) is 0 Å². The van der Waals surface area contributed by atoms with Gasteiger partial charge in [0.15, 0.2) is 0 Å². The number of hydrogen-bond acceptors (Lipinski definition) is 4. The Bertz CT molecular complexity index is 557. The van der Waals surface area contributed by atoms with Crippen molar-refractivity contribution in [3.05, 3.63) is 32.5 Å². The number of carbonyl (C=O) groups is 1. The summed E-state index contributed by atoms with van der Waals surface area (Å²) < 4.78 is 13.5. The number of nitro groups is 1. The number of carboxylic acids is 1. The van der Waals surface area contributed by atoms with E-state index >= 15 is 0 Å². The molecule has 0 amide bonds. The monoisotopic (exact) mass is 348 g/mol. The molecular formula is C12H14BrFN2O4. The predicted octanol–water partition coefficient (Wildman–Crippen LogP) is 3.19. The number of aliphatic carboxylic acids is 1. The van der Waals surface area contributed by atoms with Gasteiger partial charge in [0.05, 0.1) is 15.5 Å². The molecule has 0 unspecified atom stereocenters. The molecule has 110 valence electrons. The summed E-state index contributed by atoms with van der Waals surface area (Å²) in [5.74, 6) is -1.90. The Kier molecular flexibility index (Phi) is 4.69. The first-order valence-corrected chi connectivity index (χ1v) is 6.46. The molecule has 6 nitrogen and oxygen atoms in total. The molecule has 0 saturated carbocycles. The fourth-order valence-corrected chi connectivity index (χ4v) is 2.04. The van der Waals surface area contributed by atoms with Gasteiger partial charge in [-0.25, -0.2) is 4.39 Å². The van der Waals surface area contributed by atoms with Gasteiger partial charge in [-0.1, -0.05) is 0 Å². The Morgan fingerprint density at radius 3 is 2.45 bits per heavy atom. The second kappa shape index (κ2) is 5.74. The van der Waals surface area contributed by atoms with E-state index in [0.29, 0.717) is 0 Å². The number of benzene rings is 1. The third kappa shape index (κ3) is 3.66. The molecule has 0 aliphatic rings. The van der Waals surface area contributed by atoms with Crippen LogP contribution in [-0.2, 0) is 4.79 Å². The van der Waals surface area contributed by atoms with Gasteiger partial charge in [-0.05, 0) is 42.8 Å². The number of nitrogens with zero attached hydrogens (tertiary/aromatic N) is 2. The van der Waals surface area contributed by atoms with Gasteiger partial charge in [0.1, 0.15) is 18.0 Å². The zero-order chi connectivity index (χ0) is 15.7. The molecule has 20 heavy (non-hydrogen) atoms. The maximum absolute atomic E-state index is 13.5. The fourth-order valence-electron chi connectivity index (χ4n) is 1.71. The van der Waals surface area contributed by atoms with Gasteiger partial charge in [-0.15, -0.1) is 0 Å². The molecule has 0 atom stereocenters. The molecule has 0 aromatic heterocycles. The molecule has 8 heteroatoms. The topological polar surface area (TPSA) is 83.7 Å². The highest BCUT2D eigenvalue weighted by atomic mass is 79.9. The molecule has 1 aromatic rings. The Hall–Kier alpha value is -1.70. The maximum atomic E-state index is 13.5. The molecule has 1 rings (SSSR count). The summed E-state index contributed by atoms with van der Waals surface area (Å²) in [7, 11) is 0. The molecule has 0 saturated heterocycles. The van der Waals surface area contributed by atoms with E-state index in [0.717, 1.165) is 6.07 Å². The lowest BCUT2D eigenvalue weighted by atomic mass is 10.0. The van der Waals surface area contributed by atoms with Crippen LogP contribution in [0, 0.1) is 15.9 Å². The molecule has 0 aliphatic heterocycles. The molecule has 0 spiro atoms. The minimum Gasteiger partial charge on any atom is -0.480 e. The average molecular weight is 349 g/mol. The smallest absolute Gasteiger partial charge is 0.323 e. The van der Waals surface area contributed by atoms with Crippen LogP contribution in [0.15, 0.2) is 16.6 Å². The number of anilines is 1. The van der Waals surface area contributed by atoms with Crippen molar-refractivity contribution in [3.8, 4) is 0 Å². The van der Waals surface area contributed by atoms with Gasteiger partial charge in [0, 0.05) is 5.54 Å². The highest BCUT2D eigenvalue weighted by molar-refractivity contribution is 9.10. The maximum Gasteiger partial charge on any atom is 0.323 e. The number of nitro benzene ring substituents is 1. The van der Waals surface area contributed by atoms with Crippen LogP contribution in [0.25, 0.3) is 0 Å². The van der Waals surface area contributed by atoms with Crippen molar-refractivity contribution in [1.82, 2.24) is 0 Å². The lowest BCUT2D eigenvalue weighted by Crippen LogP contribution is -2.45. The first-order valence-electron chi connectivity index (χ1n) is 5.67. The molecule has 0 bridgehead atoms. The van der Waals surface area contributed by atoms with Gasteiger partial charge >= 0.3 is 5.97 Å². The Morgan fingerprint density at radius 2 is 2.05 bits per heavy atom. The third-order valence-electron chi connectivity index (χ3n) is 2.61. The van der Waals surface area contributed by atoms with Gasteiger partial charge in [0.25, 0.3) is 5.69 Å². The van der Waals surface area contributed by atoms with Crippen LogP contribution in [0.2, 0.25) is 0 Å². The van der Waals surface area contributed by atoms with Crippen molar-refractivity contribution in [3.63, 3.8) is 0 Å². The van der Waals surface area contributed by atoms with E-state index in [1.165, 1.54) is 11.0 Å². The normalized spacial score (nSPS) is 11.2. The highest BCUT2D eigenvalue weighted by Crippen LogP contribution is 2.36. The molecule has 1 N–H and O–H groups in total. The van der Waals surface area contributed by atoms with Crippen molar-refractivity contribution in [2.75, 3.05) is 11.4 Å². The van der Waals surface area contributed by atoms with E-state index < -0.39 is 34.5 Å². The van der Waals surface area contributed by atoms with Crippen LogP contribution in [0.1, 0.15) is 20.8 Å². The molecular weight excluding hydrogens is 335 g/mol. The first-order chi connectivity index (χ1) is 9.04. The summed E-state index contributed by atoms with van der Waals surface area (Å²) in [6.07, 6.45) is 0. The number of hydrogen-bond donors (Lipinski definition) is 1. The minimum absolute atomic E-state index is 0.0396. The summed E-state index contributed by atoms with van der Waals surface area (Å²) in [6.45, 7) is 4.73. The lowest BCUT2D eigenvalue weighted by molar-refractivity contribution is -0.384. The van der Waals surface area contributed by atoms with Gasteiger partial charge in [0.2, 0.25) is 0 Å². The highest BCUT2D eigenvalue weighted by Gasteiger charge is 2.30. The average Bonchev–Trinajstić information content (AvgIpc) is 2.27. The summed E-state index contributed by atoms with van der Waals surface area (Å²) in [5.41, 5.74) is -1.10. The number of halogens is 2. The van der Waals surface area contributed by atoms with E-state index in [4.69, 9.17) is 5.11 Å². The largest absolute Gasteiger partial charge is 0.480 e. The van der Waals surface area contributed by atoms with E-state index in [1.807, 2.05) is 0 Å². The van der Waals surface area contributed by atoms with Crippen LogP contribution in [0.5, 0.6) is 0 Å². The lowest BCUT2D eigenvalue weighted by Gasteiger charge is -2.36. The molecule has 0 aliphatic carbocycles. The van der Waals surface area contributed by atoms with Crippen LogP contribution >= 0.6 is 15.9 Å². The minimum atomic E-state index is -1.13. The van der Waals surface area contributed by atoms with E-state index in [2.05, 4.69) is 15.9 Å². The second-order valence-corrected chi connectivity index (χ2v) is 6.02. The predicted molar refractivity (Wildman–Crippen MR) is 75.5 cm³/mol. The van der Waals surface area contributed by atoms with Crippen LogP contribution < -0.4 is 4.90 Å². The Balaban J connectivity index is 3.50. The zero-order valence-corrected chi connectivity index (χ0v) is 12.8. The SMILES string of the molecule is CC(C)(C)N(CC(=O)O)c1cc(Br)c(F)cc1[N+](=O)[O-]. The zero-order valence-electron chi connectivity index (χ0n) is 11.2. The first kappa shape index (κ1) is 16.4. The third-order valence-corrected chi connectivity index (χ3v) is 3.22. The van der Waals surface area contributed by atoms with Crippen LogP contribution in [0.4, 0.5) is 15.8 Å². The van der Waals surface area contributed by atoms with Crippen molar-refractivity contribution < 1.29 is 19.2 Å². The Morgan fingerprint density at radius 1 is 1.50 bits per heavy atom. The van der Waals surface area contributed by atoms with Crippen LogP contribution in [-0.4, -0.2) is 28.1 Å². The molecule has 0 fully saturated rings. The number of carboxylic acid groups (broad SMARTS) is 1. The number of rotatable bonds is 4. The summed E-state index contributed by atoms with van der Waals surface area (Å²) in [6, 6.07) is 2.00. The van der Waals surface area contributed by atoms with E-state index in [1.54, 1.807) is 20.8 Å². The summed E-state index contributed by atoms with van der Waals surface area (Å²) in [4.78, 5) is 22.6. The van der Waals surface area contributed by atoms with Crippen molar-refractivity contribution in [1.29, 1.82) is 0 Å². The standard InChI is InChI=1S/C12H14BrFN2O4/c1-12(2,3)15(6-11(17)18)9-4-7(13)8(14)5-10(9)16(19)20/h4-5H,6H2,1-3H3,(H,17,18). The van der Waals surface area contributed by atoms with Gasteiger partial charge < -0.3 is 10.0 Å². The van der Waals surface area contributed by atoms with Crippen molar-refractivity contribution in [2.24, 2.45) is 0 Å². The molecule has 0 heterocycles. The van der Waals surface area contributed by atoms with Crippen LogP contribution in [0.3, 0.4) is 0 Å². The summed E-state index contributed by atoms with van der Waals surface area (Å²) in [5, 5.41) is 20.0. The molecule has 0 radical (unpaired) electrons. The quantitative estimate of drug-likeness (QED) is 0.667. The van der Waals surface area contributed by atoms with E-state index in [9.17, 15) is 19.3 Å². The molecule has 1 aromatic carbocycles.